The number of piperidine rings is 1. The van der Waals surface area contributed by atoms with Gasteiger partial charge in [-0.05, 0) is 70.1 Å². The van der Waals surface area contributed by atoms with Gasteiger partial charge in [-0.3, -0.25) is 4.90 Å². The third-order valence-corrected chi connectivity index (χ3v) is 4.89. The van der Waals surface area contributed by atoms with Crippen LogP contribution < -0.4 is 5.32 Å². The summed E-state index contributed by atoms with van der Waals surface area (Å²) < 4.78 is 0. The molecule has 0 aliphatic carbocycles. The number of nitrogens with zero attached hydrogens (tertiary/aromatic N) is 1. The normalized spacial score (nSPS) is 21.9. The lowest BCUT2D eigenvalue weighted by Gasteiger charge is -2.40. The zero-order chi connectivity index (χ0) is 14.5. The molecule has 2 nitrogen and oxygen atoms in total. The van der Waals surface area contributed by atoms with Crippen LogP contribution in [0.3, 0.4) is 0 Å². The molecule has 20 heavy (non-hydrogen) atoms. The average Bonchev–Trinajstić information content (AvgIpc) is 2.47. The zero-order valence-electron chi connectivity index (χ0n) is 12.3. The van der Waals surface area contributed by atoms with E-state index in [-0.39, 0.29) is 0 Å². The summed E-state index contributed by atoms with van der Waals surface area (Å²) in [7, 11) is 2.02. The highest BCUT2D eigenvalue weighted by Gasteiger charge is 2.27. The molecule has 0 radical (unpaired) electrons. The van der Waals surface area contributed by atoms with E-state index in [0.717, 1.165) is 28.7 Å². The Labute approximate surface area is 132 Å². The second-order valence-electron chi connectivity index (χ2n) is 5.62. The largest absolute Gasteiger partial charge is 0.320 e. The molecule has 0 amide bonds. The topological polar surface area (TPSA) is 15.3 Å². The molecule has 1 aliphatic rings. The summed E-state index contributed by atoms with van der Waals surface area (Å²) in [4.78, 5) is 2.60. The Morgan fingerprint density at radius 1 is 1.35 bits per heavy atom. The molecule has 1 N–H and O–H groups in total. The number of likely N-dealkylation sites (tertiary alicyclic amines) is 1. The van der Waals surface area contributed by atoms with E-state index in [2.05, 4.69) is 17.1 Å². The van der Waals surface area contributed by atoms with Gasteiger partial charge in [0, 0.05) is 22.1 Å². The fourth-order valence-corrected chi connectivity index (χ4v) is 3.62. The Bertz CT molecular complexity index is 436. The van der Waals surface area contributed by atoms with E-state index in [0.29, 0.717) is 12.1 Å². The predicted octanol–water partition coefficient (Wildman–Crippen LogP) is 4.52. The fourth-order valence-electron chi connectivity index (χ4n) is 3.17. The summed E-state index contributed by atoms with van der Waals surface area (Å²) in [6.07, 6.45) is 5.09. The van der Waals surface area contributed by atoms with Gasteiger partial charge in [0.2, 0.25) is 0 Å². The maximum absolute atomic E-state index is 6.36. The van der Waals surface area contributed by atoms with Crippen LogP contribution in [-0.4, -0.2) is 31.1 Å². The van der Waals surface area contributed by atoms with Gasteiger partial charge in [-0.1, -0.05) is 29.6 Å². The van der Waals surface area contributed by atoms with Crippen LogP contribution in [0, 0.1) is 0 Å². The SMILES string of the molecule is CNCCC1CCCCN1C(C)c1cc(Cl)ccc1Cl. The lowest BCUT2D eigenvalue weighted by Crippen LogP contribution is -2.42. The minimum atomic E-state index is 0.323. The van der Waals surface area contributed by atoms with Crippen LogP contribution in [0.25, 0.3) is 0 Å². The standard InChI is InChI=1S/C16H24Cl2N2/c1-12(15-11-13(17)6-7-16(15)18)20-10-4-3-5-14(20)8-9-19-2/h6-7,11-12,14,19H,3-5,8-10H2,1-2H3. The molecular weight excluding hydrogens is 291 g/mol. The van der Waals surface area contributed by atoms with E-state index < -0.39 is 0 Å². The molecule has 1 aliphatic heterocycles. The minimum Gasteiger partial charge on any atom is -0.320 e. The molecule has 112 valence electrons. The van der Waals surface area contributed by atoms with Crippen LogP contribution in [0.15, 0.2) is 18.2 Å². The van der Waals surface area contributed by atoms with Crippen molar-refractivity contribution < 1.29 is 0 Å². The Balaban J connectivity index is 2.16. The van der Waals surface area contributed by atoms with Crippen LogP contribution in [0.4, 0.5) is 0 Å². The first-order valence-corrected chi connectivity index (χ1v) is 8.24. The monoisotopic (exact) mass is 314 g/mol. The Morgan fingerprint density at radius 3 is 2.90 bits per heavy atom. The summed E-state index contributed by atoms with van der Waals surface area (Å²) in [5.74, 6) is 0. The van der Waals surface area contributed by atoms with E-state index in [1.807, 2.05) is 25.2 Å². The van der Waals surface area contributed by atoms with Crippen molar-refractivity contribution >= 4 is 23.2 Å². The number of hydrogen-bond acceptors (Lipinski definition) is 2. The summed E-state index contributed by atoms with van der Waals surface area (Å²) in [5.41, 5.74) is 1.15. The van der Waals surface area contributed by atoms with Gasteiger partial charge >= 0.3 is 0 Å². The molecule has 1 aromatic carbocycles. The first-order valence-electron chi connectivity index (χ1n) is 7.48. The van der Waals surface area contributed by atoms with Crippen LogP contribution >= 0.6 is 23.2 Å². The average molecular weight is 315 g/mol. The van der Waals surface area contributed by atoms with Crippen LogP contribution in [0.1, 0.15) is 44.2 Å². The first kappa shape index (κ1) is 16.1. The van der Waals surface area contributed by atoms with E-state index in [1.54, 1.807) is 0 Å². The Morgan fingerprint density at radius 2 is 2.15 bits per heavy atom. The third kappa shape index (κ3) is 3.88. The van der Waals surface area contributed by atoms with Crippen molar-refractivity contribution in [2.45, 2.75) is 44.7 Å². The number of rotatable bonds is 5. The molecule has 2 rings (SSSR count). The van der Waals surface area contributed by atoms with Crippen molar-refractivity contribution in [3.8, 4) is 0 Å². The number of hydrogen-bond donors (Lipinski definition) is 1. The summed E-state index contributed by atoms with van der Waals surface area (Å²) in [6.45, 7) is 4.46. The van der Waals surface area contributed by atoms with Gasteiger partial charge < -0.3 is 5.32 Å². The number of nitrogens with one attached hydrogen (secondary N) is 1. The molecule has 4 heteroatoms. The van der Waals surface area contributed by atoms with Crippen molar-refractivity contribution in [2.24, 2.45) is 0 Å². The predicted molar refractivity (Wildman–Crippen MR) is 87.8 cm³/mol. The van der Waals surface area contributed by atoms with Gasteiger partial charge in [0.1, 0.15) is 0 Å². The van der Waals surface area contributed by atoms with Crippen molar-refractivity contribution in [1.82, 2.24) is 10.2 Å². The maximum atomic E-state index is 6.36. The highest BCUT2D eigenvalue weighted by atomic mass is 35.5. The summed E-state index contributed by atoms with van der Waals surface area (Å²) in [5, 5.41) is 4.84. The third-order valence-electron chi connectivity index (χ3n) is 4.31. The molecule has 2 unspecified atom stereocenters. The van der Waals surface area contributed by atoms with Gasteiger partial charge in [-0.2, -0.15) is 0 Å². The summed E-state index contributed by atoms with van der Waals surface area (Å²) >= 11 is 12.5. The second kappa shape index (κ2) is 7.65. The lowest BCUT2D eigenvalue weighted by atomic mass is 9.95. The first-order chi connectivity index (χ1) is 9.63. The molecule has 0 saturated carbocycles. The van der Waals surface area contributed by atoms with E-state index >= 15 is 0 Å². The number of halogens is 2. The molecule has 0 bridgehead atoms. The Kier molecular flexibility index (Phi) is 6.16. The van der Waals surface area contributed by atoms with Crippen LogP contribution in [-0.2, 0) is 0 Å². The molecule has 1 aromatic rings. The Hall–Kier alpha value is -0.280. The zero-order valence-corrected chi connectivity index (χ0v) is 13.8. The van der Waals surface area contributed by atoms with Gasteiger partial charge in [-0.15, -0.1) is 0 Å². The van der Waals surface area contributed by atoms with E-state index in [1.165, 1.54) is 25.7 Å². The van der Waals surface area contributed by atoms with Gasteiger partial charge in [0.05, 0.1) is 0 Å². The molecule has 1 heterocycles. The maximum Gasteiger partial charge on any atom is 0.0454 e. The summed E-state index contributed by atoms with van der Waals surface area (Å²) in [6, 6.07) is 6.74. The molecular formula is C16H24Cl2N2. The highest BCUT2D eigenvalue weighted by molar-refractivity contribution is 6.33. The van der Waals surface area contributed by atoms with Gasteiger partial charge in [0.25, 0.3) is 0 Å². The van der Waals surface area contributed by atoms with Crippen molar-refractivity contribution in [2.75, 3.05) is 20.1 Å². The quantitative estimate of drug-likeness (QED) is 0.859. The van der Waals surface area contributed by atoms with Crippen molar-refractivity contribution in [3.63, 3.8) is 0 Å². The highest BCUT2D eigenvalue weighted by Crippen LogP contribution is 2.34. The van der Waals surface area contributed by atoms with Crippen LogP contribution in [0.5, 0.6) is 0 Å². The molecule has 0 aromatic heterocycles. The van der Waals surface area contributed by atoms with E-state index in [4.69, 9.17) is 23.2 Å². The number of benzene rings is 1. The second-order valence-corrected chi connectivity index (χ2v) is 6.47. The molecule has 0 spiro atoms. The smallest absolute Gasteiger partial charge is 0.0454 e. The molecule has 1 fully saturated rings. The fraction of sp³-hybridized carbons (Fsp3) is 0.625. The van der Waals surface area contributed by atoms with E-state index in [9.17, 15) is 0 Å². The van der Waals surface area contributed by atoms with Crippen molar-refractivity contribution in [1.29, 1.82) is 0 Å². The molecule has 1 saturated heterocycles. The minimum absolute atomic E-state index is 0.323. The lowest BCUT2D eigenvalue weighted by molar-refractivity contribution is 0.0972. The van der Waals surface area contributed by atoms with Gasteiger partial charge in [0.15, 0.2) is 0 Å². The van der Waals surface area contributed by atoms with Crippen LogP contribution in [0.2, 0.25) is 10.0 Å². The molecule has 2 atom stereocenters. The van der Waals surface area contributed by atoms with Gasteiger partial charge in [-0.25, -0.2) is 0 Å². The van der Waals surface area contributed by atoms with Crippen molar-refractivity contribution in [3.05, 3.63) is 33.8 Å².